The summed E-state index contributed by atoms with van der Waals surface area (Å²) < 4.78 is 68.4. The summed E-state index contributed by atoms with van der Waals surface area (Å²) in [4.78, 5) is 14.0. The van der Waals surface area contributed by atoms with Crippen LogP contribution in [0.3, 0.4) is 0 Å². The summed E-state index contributed by atoms with van der Waals surface area (Å²) in [6.07, 6.45) is -2.98. The first-order valence-corrected chi connectivity index (χ1v) is 12.4. The number of benzene rings is 1. The molecule has 0 bridgehead atoms. The van der Waals surface area contributed by atoms with Gasteiger partial charge in [0, 0.05) is 31.1 Å². The van der Waals surface area contributed by atoms with E-state index in [9.17, 15) is 31.6 Å². The molecular weight excluding hydrogens is 483 g/mol. The molecule has 2 atom stereocenters. The SMILES string of the molecule is CC(C)C(=O)N1CC(S(=O)(=O)c2ccc(OCC(F)(F)F)cc2Cl)CC1CNC1(C#N)CC1. The second kappa shape index (κ2) is 9.31. The zero-order valence-electron chi connectivity index (χ0n) is 18.2. The van der Waals surface area contributed by atoms with Gasteiger partial charge in [0.2, 0.25) is 5.91 Å². The molecule has 12 heteroatoms. The molecule has 33 heavy (non-hydrogen) atoms. The fourth-order valence-corrected chi connectivity index (χ4v) is 6.08. The molecule has 2 aliphatic rings. The predicted octanol–water partition coefficient (Wildman–Crippen LogP) is 3.33. The van der Waals surface area contributed by atoms with Crippen LogP contribution < -0.4 is 10.1 Å². The van der Waals surface area contributed by atoms with Crippen molar-refractivity contribution in [1.29, 1.82) is 5.26 Å². The molecule has 2 unspecified atom stereocenters. The van der Waals surface area contributed by atoms with E-state index in [0.717, 1.165) is 18.2 Å². The van der Waals surface area contributed by atoms with Crippen molar-refractivity contribution in [3.05, 3.63) is 23.2 Å². The van der Waals surface area contributed by atoms with Crippen LogP contribution in [0.1, 0.15) is 33.1 Å². The summed E-state index contributed by atoms with van der Waals surface area (Å²) in [6, 6.07) is 5.08. The molecule has 1 aliphatic heterocycles. The highest BCUT2D eigenvalue weighted by atomic mass is 35.5. The maximum Gasteiger partial charge on any atom is 0.422 e. The van der Waals surface area contributed by atoms with E-state index in [2.05, 4.69) is 16.1 Å². The molecule has 1 aromatic rings. The maximum absolute atomic E-state index is 13.3. The average molecular weight is 508 g/mol. The maximum atomic E-state index is 13.3. The zero-order valence-corrected chi connectivity index (χ0v) is 19.7. The average Bonchev–Trinajstić information content (AvgIpc) is 3.39. The second-order valence-corrected chi connectivity index (χ2v) is 11.4. The van der Waals surface area contributed by atoms with Crippen LogP contribution in [0.2, 0.25) is 5.02 Å². The van der Waals surface area contributed by atoms with E-state index in [0.29, 0.717) is 12.8 Å². The standard InChI is InChI=1S/C21H25ClF3N3O4S/c1-13(2)19(29)28-10-16(7-14(28)9-27-20(11-26)5-6-20)33(30,31)18-4-3-15(8-17(18)22)32-12-21(23,24)25/h3-4,8,13-14,16,27H,5-7,9-10,12H2,1-2H3. The molecule has 3 rings (SSSR count). The Labute approximate surface area is 195 Å². The largest absolute Gasteiger partial charge is 0.484 e. The van der Waals surface area contributed by atoms with Crippen molar-refractivity contribution in [2.75, 3.05) is 19.7 Å². The zero-order chi connectivity index (χ0) is 24.6. The molecule has 1 heterocycles. The van der Waals surface area contributed by atoms with E-state index in [1.165, 1.54) is 4.90 Å². The van der Waals surface area contributed by atoms with Gasteiger partial charge in [0.15, 0.2) is 16.4 Å². The van der Waals surface area contributed by atoms with E-state index >= 15 is 0 Å². The van der Waals surface area contributed by atoms with Crippen molar-refractivity contribution in [3.63, 3.8) is 0 Å². The topological polar surface area (TPSA) is 99.5 Å². The number of ether oxygens (including phenoxy) is 1. The monoisotopic (exact) mass is 507 g/mol. The number of amides is 1. The number of alkyl halides is 3. The minimum Gasteiger partial charge on any atom is -0.484 e. The lowest BCUT2D eigenvalue weighted by Crippen LogP contribution is -2.46. The Morgan fingerprint density at radius 1 is 1.39 bits per heavy atom. The predicted molar refractivity (Wildman–Crippen MR) is 115 cm³/mol. The number of hydrogen-bond acceptors (Lipinski definition) is 6. The van der Waals surface area contributed by atoms with Gasteiger partial charge in [0.1, 0.15) is 11.3 Å². The minimum atomic E-state index is -4.54. The lowest BCUT2D eigenvalue weighted by Gasteiger charge is -2.27. The van der Waals surface area contributed by atoms with Gasteiger partial charge in [-0.2, -0.15) is 18.4 Å². The Morgan fingerprint density at radius 2 is 2.06 bits per heavy atom. The molecule has 182 valence electrons. The molecule has 1 aromatic carbocycles. The van der Waals surface area contributed by atoms with Crippen LogP contribution in [0, 0.1) is 17.2 Å². The highest BCUT2D eigenvalue weighted by molar-refractivity contribution is 7.92. The third-order valence-corrected chi connectivity index (χ3v) is 8.46. The molecule has 1 saturated heterocycles. The van der Waals surface area contributed by atoms with Crippen LogP contribution in [0.4, 0.5) is 13.2 Å². The van der Waals surface area contributed by atoms with Crippen molar-refractivity contribution in [1.82, 2.24) is 10.2 Å². The van der Waals surface area contributed by atoms with Crippen molar-refractivity contribution in [2.24, 2.45) is 5.92 Å². The Balaban J connectivity index is 1.79. The summed E-state index contributed by atoms with van der Waals surface area (Å²) in [5, 5.41) is 11.2. The van der Waals surface area contributed by atoms with Crippen LogP contribution in [-0.2, 0) is 14.6 Å². The number of nitriles is 1. The van der Waals surface area contributed by atoms with Gasteiger partial charge in [0.05, 0.1) is 21.2 Å². The second-order valence-electron chi connectivity index (χ2n) is 8.77. The Morgan fingerprint density at radius 3 is 2.58 bits per heavy atom. The molecule has 1 amide bonds. The number of halogens is 4. The summed E-state index contributed by atoms with van der Waals surface area (Å²) in [7, 11) is -3.99. The number of sulfone groups is 1. The molecule has 7 nitrogen and oxygen atoms in total. The molecule has 0 spiro atoms. The molecule has 1 saturated carbocycles. The van der Waals surface area contributed by atoms with Gasteiger partial charge in [-0.25, -0.2) is 8.42 Å². The lowest BCUT2D eigenvalue weighted by molar-refractivity contribution is -0.153. The number of likely N-dealkylation sites (tertiary alicyclic amines) is 1. The van der Waals surface area contributed by atoms with Gasteiger partial charge < -0.3 is 9.64 Å². The van der Waals surface area contributed by atoms with E-state index in [1.54, 1.807) is 13.8 Å². The molecule has 1 aliphatic carbocycles. The van der Waals surface area contributed by atoms with Crippen LogP contribution in [0.25, 0.3) is 0 Å². The van der Waals surface area contributed by atoms with Gasteiger partial charge in [0.25, 0.3) is 0 Å². The van der Waals surface area contributed by atoms with Gasteiger partial charge in [-0.05, 0) is 31.4 Å². The first kappa shape index (κ1) is 25.6. The lowest BCUT2D eigenvalue weighted by atomic mass is 10.1. The summed E-state index contributed by atoms with van der Waals surface area (Å²) in [5.74, 6) is -0.732. The highest BCUT2D eigenvalue weighted by Crippen LogP contribution is 2.37. The molecule has 1 N–H and O–H groups in total. The molecule has 0 radical (unpaired) electrons. The molecule has 0 aromatic heterocycles. The first-order chi connectivity index (χ1) is 15.3. The summed E-state index contributed by atoms with van der Waals surface area (Å²) in [6.45, 7) is 2.18. The van der Waals surface area contributed by atoms with Crippen LogP contribution in [0.15, 0.2) is 23.1 Å². The van der Waals surface area contributed by atoms with Crippen molar-refractivity contribution in [3.8, 4) is 11.8 Å². The van der Waals surface area contributed by atoms with Gasteiger partial charge in [-0.1, -0.05) is 25.4 Å². The van der Waals surface area contributed by atoms with E-state index in [4.69, 9.17) is 11.6 Å². The number of hydrogen-bond donors (Lipinski definition) is 1. The number of nitrogens with one attached hydrogen (secondary N) is 1. The van der Waals surface area contributed by atoms with Crippen LogP contribution >= 0.6 is 11.6 Å². The van der Waals surface area contributed by atoms with E-state index < -0.39 is 39.5 Å². The first-order valence-electron chi connectivity index (χ1n) is 10.5. The van der Waals surface area contributed by atoms with Gasteiger partial charge in [-0.15, -0.1) is 0 Å². The van der Waals surface area contributed by atoms with Crippen molar-refractivity contribution in [2.45, 2.75) is 61.0 Å². The van der Waals surface area contributed by atoms with E-state index in [1.807, 2.05) is 0 Å². The fraction of sp³-hybridized carbons (Fsp3) is 0.619. The third-order valence-electron chi connectivity index (χ3n) is 5.84. The summed E-state index contributed by atoms with van der Waals surface area (Å²) >= 11 is 6.11. The number of carbonyl (C=O) groups is 1. The number of carbonyl (C=O) groups excluding carboxylic acids is 1. The Hall–Kier alpha value is -2.03. The molecule has 2 fully saturated rings. The molecular formula is C21H25ClF3N3O4S. The van der Waals surface area contributed by atoms with E-state index in [-0.39, 0.29) is 47.0 Å². The highest BCUT2D eigenvalue weighted by Gasteiger charge is 2.47. The minimum absolute atomic E-state index is 0.0338. The normalized spacial score (nSPS) is 22.3. The summed E-state index contributed by atoms with van der Waals surface area (Å²) in [5.41, 5.74) is -0.612. The van der Waals surface area contributed by atoms with Crippen molar-refractivity contribution >= 4 is 27.3 Å². The van der Waals surface area contributed by atoms with Gasteiger partial charge in [-0.3, -0.25) is 10.1 Å². The Bertz CT molecular complexity index is 1050. The number of rotatable bonds is 8. The third kappa shape index (κ3) is 5.91. The Kier molecular flexibility index (Phi) is 7.22. The van der Waals surface area contributed by atoms with Crippen molar-refractivity contribution < 1.29 is 31.1 Å². The van der Waals surface area contributed by atoms with Crippen LogP contribution in [-0.4, -0.2) is 61.9 Å². The number of nitrogens with zero attached hydrogens (tertiary/aromatic N) is 2. The quantitative estimate of drug-likeness (QED) is 0.579. The smallest absolute Gasteiger partial charge is 0.422 e. The fourth-order valence-electron chi connectivity index (χ4n) is 3.81. The van der Waals surface area contributed by atoms with Gasteiger partial charge >= 0.3 is 6.18 Å². The van der Waals surface area contributed by atoms with Crippen LogP contribution in [0.5, 0.6) is 5.75 Å².